The molecule has 0 amide bonds. The number of nitrogens with two attached hydrogens (primary N) is 1. The summed E-state index contributed by atoms with van der Waals surface area (Å²) in [5.74, 6) is -0.983. The Hall–Kier alpha value is -3.72. The van der Waals surface area contributed by atoms with Crippen molar-refractivity contribution in [2.75, 3.05) is 62.9 Å². The van der Waals surface area contributed by atoms with Gasteiger partial charge in [-0.15, -0.1) is 23.1 Å². The normalized spacial score (nSPS) is 21.6. The van der Waals surface area contributed by atoms with Gasteiger partial charge in [0.25, 0.3) is 5.92 Å². The molecule has 2 aliphatic heterocycles. The predicted molar refractivity (Wildman–Crippen MR) is 162 cm³/mol. The average Bonchev–Trinajstić information content (AvgIpc) is 3.26. The van der Waals surface area contributed by atoms with E-state index >= 15 is 0 Å². The molecule has 0 bridgehead atoms. The van der Waals surface area contributed by atoms with E-state index in [1.807, 2.05) is 23.3 Å². The molecule has 1 unspecified atom stereocenters. The Bertz CT molecular complexity index is 1660. The summed E-state index contributed by atoms with van der Waals surface area (Å²) in [5.41, 5.74) is 7.59. The standard InChI is InChI=1S/C29H31F2N9OS2/c1-17(19-6-5-7-35-23(19)34)39(4)24-20(9-33)25(37-26(36-24)41-16-27(13-38(2)3)12-29(27,30)31)40-14-28(15-40)22-18(8-32)10-42-21(22)11-43-28/h5-7,10,17H,11-16H2,1-4H3,(H2,34,35)/t17-,27?/m1/s1. The van der Waals surface area contributed by atoms with E-state index in [-0.39, 0.29) is 41.9 Å². The van der Waals surface area contributed by atoms with E-state index in [2.05, 4.69) is 27.1 Å². The van der Waals surface area contributed by atoms with Gasteiger partial charge in [0.15, 0.2) is 11.6 Å². The van der Waals surface area contributed by atoms with Crippen molar-refractivity contribution in [3.05, 3.63) is 50.8 Å². The Morgan fingerprint density at radius 1 is 1.21 bits per heavy atom. The number of ether oxygens (including phenoxy) is 1. The van der Waals surface area contributed by atoms with Crippen LogP contribution < -0.4 is 20.3 Å². The van der Waals surface area contributed by atoms with E-state index < -0.39 is 11.3 Å². The summed E-state index contributed by atoms with van der Waals surface area (Å²) >= 11 is 3.40. The molecule has 6 rings (SSSR count). The number of alkyl halides is 2. The third-order valence-electron chi connectivity index (χ3n) is 8.62. The fourth-order valence-electron chi connectivity index (χ4n) is 6.14. The van der Waals surface area contributed by atoms with Gasteiger partial charge in [-0.05, 0) is 27.1 Å². The second kappa shape index (κ2) is 10.5. The van der Waals surface area contributed by atoms with E-state index in [4.69, 9.17) is 10.5 Å². The van der Waals surface area contributed by atoms with Crippen LogP contribution in [0.25, 0.3) is 0 Å². The van der Waals surface area contributed by atoms with E-state index in [0.29, 0.717) is 36.1 Å². The lowest BCUT2D eigenvalue weighted by molar-refractivity contribution is 0.0288. The average molecular weight is 624 g/mol. The summed E-state index contributed by atoms with van der Waals surface area (Å²) in [6.07, 6.45) is 1.33. The van der Waals surface area contributed by atoms with Gasteiger partial charge in [-0.1, -0.05) is 6.07 Å². The number of rotatable bonds is 9. The Balaban J connectivity index is 1.36. The maximum Gasteiger partial charge on any atom is 0.320 e. The molecule has 0 radical (unpaired) electrons. The summed E-state index contributed by atoms with van der Waals surface area (Å²) in [4.78, 5) is 20.1. The third-order valence-corrected chi connectivity index (χ3v) is 11.2. The first-order valence-corrected chi connectivity index (χ1v) is 15.6. The lowest BCUT2D eigenvalue weighted by Gasteiger charge is -2.48. The van der Waals surface area contributed by atoms with Crippen molar-refractivity contribution in [2.24, 2.45) is 5.41 Å². The van der Waals surface area contributed by atoms with Crippen LogP contribution in [0, 0.1) is 28.1 Å². The zero-order valence-corrected chi connectivity index (χ0v) is 25.9. The molecule has 43 heavy (non-hydrogen) atoms. The molecule has 1 aliphatic carbocycles. The van der Waals surface area contributed by atoms with E-state index in [9.17, 15) is 19.3 Å². The number of pyridine rings is 1. The van der Waals surface area contributed by atoms with Crippen LogP contribution in [0.3, 0.4) is 0 Å². The molecule has 14 heteroatoms. The number of nitrogen functional groups attached to an aromatic ring is 1. The summed E-state index contributed by atoms with van der Waals surface area (Å²) < 4.78 is 34.7. The minimum atomic E-state index is -2.85. The highest BCUT2D eigenvalue weighted by Gasteiger charge is 2.71. The summed E-state index contributed by atoms with van der Waals surface area (Å²) in [6, 6.07) is 7.85. The molecular weight excluding hydrogens is 593 g/mol. The highest BCUT2D eigenvalue weighted by Crippen LogP contribution is 2.61. The van der Waals surface area contributed by atoms with Crippen molar-refractivity contribution in [1.82, 2.24) is 19.9 Å². The van der Waals surface area contributed by atoms with E-state index in [1.165, 1.54) is 4.88 Å². The SMILES string of the molecule is C[C@H](c1cccnc1N)N(C)c1nc(OCC2(CN(C)C)CC2(F)F)nc(N2CC3(C2)SCc2scc(C#N)c23)c1C#N. The van der Waals surface area contributed by atoms with Crippen LogP contribution >= 0.6 is 23.1 Å². The number of aromatic nitrogens is 3. The van der Waals surface area contributed by atoms with Gasteiger partial charge >= 0.3 is 6.01 Å². The zero-order valence-electron chi connectivity index (χ0n) is 24.3. The Labute approximate surface area is 257 Å². The number of thioether (sulfide) groups is 1. The van der Waals surface area contributed by atoms with Gasteiger partial charge in [0.1, 0.15) is 30.1 Å². The fourth-order valence-corrected chi connectivity index (χ4v) is 8.93. The maximum absolute atomic E-state index is 14.5. The minimum absolute atomic E-state index is 0.0722. The summed E-state index contributed by atoms with van der Waals surface area (Å²) in [6.45, 7) is 2.89. The molecular formula is C29H31F2N9OS2. The minimum Gasteiger partial charge on any atom is -0.462 e. The predicted octanol–water partition coefficient (Wildman–Crippen LogP) is 4.38. The van der Waals surface area contributed by atoms with Gasteiger partial charge in [0.2, 0.25) is 0 Å². The summed E-state index contributed by atoms with van der Waals surface area (Å²) in [7, 11) is 5.29. The number of hydrogen-bond acceptors (Lipinski definition) is 12. The highest BCUT2D eigenvalue weighted by molar-refractivity contribution is 8.00. The Morgan fingerprint density at radius 3 is 2.58 bits per heavy atom. The van der Waals surface area contributed by atoms with Crippen LogP contribution in [-0.4, -0.2) is 73.2 Å². The number of nitriles is 2. The monoisotopic (exact) mass is 623 g/mol. The number of nitrogens with zero attached hydrogens (tertiary/aromatic N) is 8. The number of anilines is 3. The number of hydrogen-bond donors (Lipinski definition) is 1. The molecule has 3 aromatic rings. The molecule has 1 saturated carbocycles. The van der Waals surface area contributed by atoms with Gasteiger partial charge in [0.05, 0.1) is 21.8 Å². The molecule has 3 aliphatic rings. The highest BCUT2D eigenvalue weighted by atomic mass is 32.2. The van der Waals surface area contributed by atoms with Gasteiger partial charge in [-0.3, -0.25) is 0 Å². The molecule has 10 nitrogen and oxygen atoms in total. The lowest BCUT2D eigenvalue weighted by atomic mass is 9.88. The van der Waals surface area contributed by atoms with Crippen molar-refractivity contribution in [3.8, 4) is 18.1 Å². The van der Waals surface area contributed by atoms with Gasteiger partial charge in [-0.2, -0.15) is 20.5 Å². The van der Waals surface area contributed by atoms with Crippen molar-refractivity contribution in [1.29, 1.82) is 10.5 Å². The first kappa shape index (κ1) is 29.4. The maximum atomic E-state index is 14.5. The molecule has 1 saturated heterocycles. The molecule has 2 atom stereocenters. The van der Waals surface area contributed by atoms with Crippen LogP contribution in [0.15, 0.2) is 23.7 Å². The number of thiophene rings is 1. The van der Waals surface area contributed by atoms with Crippen molar-refractivity contribution < 1.29 is 13.5 Å². The first-order chi connectivity index (χ1) is 20.4. The number of halogens is 2. The van der Waals surface area contributed by atoms with Crippen molar-refractivity contribution >= 4 is 40.6 Å². The van der Waals surface area contributed by atoms with Crippen LogP contribution in [-0.2, 0) is 10.5 Å². The topological polar surface area (TPSA) is 131 Å². The number of fused-ring (bicyclic) bond motifs is 2. The van der Waals surface area contributed by atoms with Crippen molar-refractivity contribution in [2.45, 2.75) is 35.8 Å². The molecule has 1 spiro atoms. The molecule has 224 valence electrons. The quantitative estimate of drug-likeness (QED) is 0.364. The van der Waals surface area contributed by atoms with Crippen molar-refractivity contribution in [3.63, 3.8) is 0 Å². The Kier molecular flexibility index (Phi) is 7.15. The van der Waals surface area contributed by atoms with E-state index in [0.717, 1.165) is 16.9 Å². The van der Waals surface area contributed by atoms with Crippen LogP contribution in [0.2, 0.25) is 0 Å². The van der Waals surface area contributed by atoms with Crippen LogP contribution in [0.5, 0.6) is 6.01 Å². The van der Waals surface area contributed by atoms with Crippen LogP contribution in [0.4, 0.5) is 26.2 Å². The fraction of sp³-hybridized carbons (Fsp3) is 0.483. The van der Waals surface area contributed by atoms with E-state index in [1.54, 1.807) is 66.3 Å². The second-order valence-corrected chi connectivity index (χ2v) is 14.1. The van der Waals surface area contributed by atoms with Crippen LogP contribution in [0.1, 0.15) is 46.5 Å². The second-order valence-electron chi connectivity index (χ2n) is 11.8. The van der Waals surface area contributed by atoms with Gasteiger partial charge < -0.3 is 25.2 Å². The van der Waals surface area contributed by atoms with Gasteiger partial charge in [0, 0.05) is 66.4 Å². The Morgan fingerprint density at radius 2 is 1.95 bits per heavy atom. The largest absolute Gasteiger partial charge is 0.462 e. The molecule has 2 N–H and O–H groups in total. The molecule has 5 heterocycles. The smallest absolute Gasteiger partial charge is 0.320 e. The molecule has 0 aromatic carbocycles. The summed E-state index contributed by atoms with van der Waals surface area (Å²) in [5, 5.41) is 22.0. The molecule has 2 fully saturated rings. The van der Waals surface area contributed by atoms with Gasteiger partial charge in [-0.25, -0.2) is 13.8 Å². The zero-order chi connectivity index (χ0) is 30.7. The first-order valence-electron chi connectivity index (χ1n) is 13.7. The molecule has 3 aromatic heterocycles. The lowest BCUT2D eigenvalue weighted by Crippen LogP contribution is -2.57. The third kappa shape index (κ3) is 4.82.